The highest BCUT2D eigenvalue weighted by Gasteiger charge is 2.13. The summed E-state index contributed by atoms with van der Waals surface area (Å²) in [5.41, 5.74) is 1.12. The summed E-state index contributed by atoms with van der Waals surface area (Å²) in [6, 6.07) is 6.91. The van der Waals surface area contributed by atoms with Crippen LogP contribution in [0.2, 0.25) is 5.02 Å². The Morgan fingerprint density at radius 2 is 2.04 bits per heavy atom. The van der Waals surface area contributed by atoms with E-state index in [2.05, 4.69) is 10.4 Å². The van der Waals surface area contributed by atoms with E-state index in [4.69, 9.17) is 11.6 Å². The second-order valence-electron chi connectivity index (χ2n) is 4.96. The van der Waals surface area contributed by atoms with Crippen molar-refractivity contribution in [2.45, 2.75) is 20.4 Å². The van der Waals surface area contributed by atoms with Crippen LogP contribution in [0.1, 0.15) is 24.2 Å². The van der Waals surface area contributed by atoms with Gasteiger partial charge in [0.2, 0.25) is 5.91 Å². The van der Waals surface area contributed by atoms with Gasteiger partial charge in [-0.15, -0.1) is 0 Å². The fourth-order valence-corrected chi connectivity index (χ4v) is 2.35. The standard InChI is InChI=1S/C16H19ClN4O2/c1-3-20(4-2)16(23)12-6-5-7-14(8-12)19-15(22)11-21-10-13(17)9-18-21/h5-10H,3-4,11H2,1-2H3,(H,19,22). The van der Waals surface area contributed by atoms with Crippen molar-refractivity contribution in [1.82, 2.24) is 14.7 Å². The molecule has 0 aliphatic heterocycles. The molecule has 0 unspecified atom stereocenters. The van der Waals surface area contributed by atoms with Gasteiger partial charge in [0.25, 0.3) is 5.91 Å². The molecule has 0 saturated carbocycles. The summed E-state index contributed by atoms with van der Waals surface area (Å²) in [6.45, 7) is 5.21. The van der Waals surface area contributed by atoms with Crippen LogP contribution in [0.3, 0.4) is 0 Å². The highest BCUT2D eigenvalue weighted by molar-refractivity contribution is 6.30. The number of hydrogen-bond acceptors (Lipinski definition) is 3. The third kappa shape index (κ3) is 4.56. The minimum atomic E-state index is -0.239. The number of nitrogens with zero attached hydrogens (tertiary/aromatic N) is 3. The van der Waals surface area contributed by atoms with E-state index in [1.165, 1.54) is 10.9 Å². The number of benzene rings is 1. The first-order chi connectivity index (χ1) is 11.0. The minimum absolute atomic E-state index is 0.0510. The average molecular weight is 335 g/mol. The van der Waals surface area contributed by atoms with Crippen LogP contribution in [0.25, 0.3) is 0 Å². The molecular weight excluding hydrogens is 316 g/mol. The van der Waals surface area contributed by atoms with Gasteiger partial charge in [-0.05, 0) is 32.0 Å². The summed E-state index contributed by atoms with van der Waals surface area (Å²) < 4.78 is 1.45. The number of anilines is 1. The molecule has 1 aromatic heterocycles. The van der Waals surface area contributed by atoms with Gasteiger partial charge in [0.05, 0.1) is 11.2 Å². The second-order valence-corrected chi connectivity index (χ2v) is 5.40. The van der Waals surface area contributed by atoms with E-state index in [1.807, 2.05) is 13.8 Å². The van der Waals surface area contributed by atoms with Crippen molar-refractivity contribution in [2.75, 3.05) is 18.4 Å². The number of rotatable bonds is 6. The van der Waals surface area contributed by atoms with Gasteiger partial charge in [0.15, 0.2) is 0 Å². The van der Waals surface area contributed by atoms with Crippen LogP contribution < -0.4 is 5.32 Å². The van der Waals surface area contributed by atoms with Crippen molar-refractivity contribution in [3.05, 3.63) is 47.2 Å². The van der Waals surface area contributed by atoms with Crippen LogP contribution in [0, 0.1) is 0 Å². The first kappa shape index (κ1) is 17.0. The zero-order valence-corrected chi connectivity index (χ0v) is 13.9. The molecule has 0 spiro atoms. The van der Waals surface area contributed by atoms with E-state index >= 15 is 0 Å². The summed E-state index contributed by atoms with van der Waals surface area (Å²) >= 11 is 5.76. The number of amides is 2. The molecule has 1 N–H and O–H groups in total. The van der Waals surface area contributed by atoms with Crippen LogP contribution in [-0.4, -0.2) is 39.6 Å². The zero-order valence-electron chi connectivity index (χ0n) is 13.1. The molecule has 0 fully saturated rings. The maximum Gasteiger partial charge on any atom is 0.253 e. The molecule has 0 radical (unpaired) electrons. The Balaban J connectivity index is 2.04. The van der Waals surface area contributed by atoms with Crippen molar-refractivity contribution < 1.29 is 9.59 Å². The van der Waals surface area contributed by atoms with Gasteiger partial charge in [-0.3, -0.25) is 14.3 Å². The molecule has 1 aromatic carbocycles. The van der Waals surface area contributed by atoms with Crippen molar-refractivity contribution in [3.8, 4) is 0 Å². The fraction of sp³-hybridized carbons (Fsp3) is 0.312. The first-order valence-electron chi connectivity index (χ1n) is 7.40. The summed E-state index contributed by atoms with van der Waals surface area (Å²) in [5.74, 6) is -0.290. The normalized spacial score (nSPS) is 10.4. The van der Waals surface area contributed by atoms with Crippen molar-refractivity contribution in [3.63, 3.8) is 0 Å². The van der Waals surface area contributed by atoms with Gasteiger partial charge in [-0.2, -0.15) is 5.10 Å². The van der Waals surface area contributed by atoms with Gasteiger partial charge in [0, 0.05) is 30.5 Å². The Hall–Kier alpha value is -2.34. The maximum absolute atomic E-state index is 12.3. The predicted molar refractivity (Wildman–Crippen MR) is 89.6 cm³/mol. The Morgan fingerprint density at radius 3 is 2.65 bits per heavy atom. The van der Waals surface area contributed by atoms with E-state index < -0.39 is 0 Å². The smallest absolute Gasteiger partial charge is 0.253 e. The molecule has 0 aliphatic carbocycles. The molecular formula is C16H19ClN4O2. The molecule has 0 bridgehead atoms. The Kier molecular flexibility index (Phi) is 5.76. The minimum Gasteiger partial charge on any atom is -0.339 e. The van der Waals surface area contributed by atoms with Gasteiger partial charge in [-0.1, -0.05) is 17.7 Å². The summed E-state index contributed by atoms with van der Waals surface area (Å²) in [7, 11) is 0. The first-order valence-corrected chi connectivity index (χ1v) is 7.78. The molecule has 1 heterocycles. The lowest BCUT2D eigenvalue weighted by molar-refractivity contribution is -0.116. The number of hydrogen-bond donors (Lipinski definition) is 1. The average Bonchev–Trinajstić information content (AvgIpc) is 2.93. The Labute approximate surface area is 140 Å². The zero-order chi connectivity index (χ0) is 16.8. The third-order valence-electron chi connectivity index (χ3n) is 3.35. The lowest BCUT2D eigenvalue weighted by Gasteiger charge is -2.19. The largest absolute Gasteiger partial charge is 0.339 e. The molecule has 23 heavy (non-hydrogen) atoms. The Morgan fingerprint density at radius 1 is 1.30 bits per heavy atom. The fourth-order valence-electron chi connectivity index (χ4n) is 2.20. The van der Waals surface area contributed by atoms with Crippen molar-refractivity contribution in [1.29, 1.82) is 0 Å². The van der Waals surface area contributed by atoms with Gasteiger partial charge < -0.3 is 10.2 Å². The highest BCUT2D eigenvalue weighted by atomic mass is 35.5. The van der Waals surface area contributed by atoms with Crippen molar-refractivity contribution >= 4 is 29.1 Å². The van der Waals surface area contributed by atoms with E-state index in [0.717, 1.165) is 0 Å². The Bertz CT molecular complexity index is 695. The van der Waals surface area contributed by atoms with E-state index in [-0.39, 0.29) is 18.4 Å². The molecule has 2 amide bonds. The lowest BCUT2D eigenvalue weighted by atomic mass is 10.1. The van der Waals surface area contributed by atoms with E-state index in [1.54, 1.807) is 35.4 Å². The monoisotopic (exact) mass is 334 g/mol. The van der Waals surface area contributed by atoms with Gasteiger partial charge >= 0.3 is 0 Å². The van der Waals surface area contributed by atoms with Crippen LogP contribution in [-0.2, 0) is 11.3 Å². The molecule has 6 nitrogen and oxygen atoms in total. The molecule has 122 valence electrons. The number of nitrogens with one attached hydrogen (secondary N) is 1. The van der Waals surface area contributed by atoms with Crippen molar-refractivity contribution in [2.24, 2.45) is 0 Å². The molecule has 0 atom stereocenters. The number of carbonyl (C=O) groups is 2. The highest BCUT2D eigenvalue weighted by Crippen LogP contribution is 2.13. The van der Waals surface area contributed by atoms with Crippen LogP contribution >= 0.6 is 11.6 Å². The van der Waals surface area contributed by atoms with E-state index in [0.29, 0.717) is 29.4 Å². The number of aromatic nitrogens is 2. The molecule has 0 aliphatic rings. The van der Waals surface area contributed by atoms with Crippen LogP contribution in [0.5, 0.6) is 0 Å². The van der Waals surface area contributed by atoms with Gasteiger partial charge in [0.1, 0.15) is 6.54 Å². The summed E-state index contributed by atoms with van der Waals surface area (Å²) in [5, 5.41) is 7.18. The summed E-state index contributed by atoms with van der Waals surface area (Å²) in [6.07, 6.45) is 3.04. The molecule has 7 heteroatoms. The predicted octanol–water partition coefficient (Wildman–Crippen LogP) is 2.66. The molecule has 2 aromatic rings. The number of carbonyl (C=O) groups excluding carboxylic acids is 2. The van der Waals surface area contributed by atoms with Gasteiger partial charge in [-0.25, -0.2) is 0 Å². The van der Waals surface area contributed by atoms with Crippen LogP contribution in [0.4, 0.5) is 5.69 Å². The number of halogens is 1. The quantitative estimate of drug-likeness (QED) is 0.883. The lowest BCUT2D eigenvalue weighted by Crippen LogP contribution is -2.30. The molecule has 0 saturated heterocycles. The topological polar surface area (TPSA) is 67.2 Å². The van der Waals surface area contributed by atoms with Crippen LogP contribution in [0.15, 0.2) is 36.7 Å². The second kappa shape index (κ2) is 7.78. The van der Waals surface area contributed by atoms with E-state index in [9.17, 15) is 9.59 Å². The molecule has 2 rings (SSSR count). The SMILES string of the molecule is CCN(CC)C(=O)c1cccc(NC(=O)Cn2cc(Cl)cn2)c1. The summed E-state index contributed by atoms with van der Waals surface area (Å²) in [4.78, 5) is 26.1. The third-order valence-corrected chi connectivity index (χ3v) is 3.55. The maximum atomic E-state index is 12.3.